The van der Waals surface area contributed by atoms with E-state index in [1.165, 1.54) is 4.90 Å². The third-order valence-corrected chi connectivity index (χ3v) is 4.97. The van der Waals surface area contributed by atoms with E-state index in [1.807, 2.05) is 19.9 Å². The van der Waals surface area contributed by atoms with Gasteiger partial charge in [0.05, 0.1) is 10.9 Å². The van der Waals surface area contributed by atoms with Gasteiger partial charge in [-0.15, -0.1) is 11.8 Å². The average molecular weight is 322 g/mol. The Morgan fingerprint density at radius 3 is 2.68 bits per heavy atom. The topological polar surface area (TPSA) is 101 Å². The van der Waals surface area contributed by atoms with Gasteiger partial charge in [-0.1, -0.05) is 6.07 Å². The summed E-state index contributed by atoms with van der Waals surface area (Å²) in [6.45, 7) is 3.88. The second kappa shape index (κ2) is 6.50. The Kier molecular flexibility index (Phi) is 4.87. The van der Waals surface area contributed by atoms with Crippen molar-refractivity contribution >= 4 is 35.2 Å². The fourth-order valence-corrected chi connectivity index (χ4v) is 3.25. The fourth-order valence-electron chi connectivity index (χ4n) is 2.16. The van der Waals surface area contributed by atoms with Gasteiger partial charge in [0.2, 0.25) is 11.8 Å². The van der Waals surface area contributed by atoms with Crippen LogP contribution in [0.5, 0.6) is 0 Å². The lowest BCUT2D eigenvalue weighted by Gasteiger charge is -2.16. The Balaban J connectivity index is 2.11. The molecule has 2 atom stereocenters. The number of thioether (sulfide) groups is 1. The van der Waals surface area contributed by atoms with Crippen molar-refractivity contribution < 1.29 is 19.5 Å². The van der Waals surface area contributed by atoms with Crippen molar-refractivity contribution in [3.8, 4) is 0 Å². The van der Waals surface area contributed by atoms with Crippen molar-refractivity contribution in [2.24, 2.45) is 5.73 Å². The molecule has 0 bridgehead atoms. The van der Waals surface area contributed by atoms with Gasteiger partial charge in [-0.3, -0.25) is 14.4 Å². The van der Waals surface area contributed by atoms with Crippen LogP contribution in [0.25, 0.3) is 0 Å². The van der Waals surface area contributed by atoms with E-state index >= 15 is 0 Å². The minimum absolute atomic E-state index is 0.0722. The Morgan fingerprint density at radius 2 is 2.09 bits per heavy atom. The van der Waals surface area contributed by atoms with Crippen LogP contribution in [-0.4, -0.2) is 39.9 Å². The highest BCUT2D eigenvalue weighted by Gasteiger charge is 2.40. The summed E-state index contributed by atoms with van der Waals surface area (Å²) in [6, 6.07) is 4.38. The normalized spacial score (nSPS) is 19.6. The van der Waals surface area contributed by atoms with E-state index in [9.17, 15) is 14.4 Å². The molecule has 1 aliphatic rings. The number of aryl methyl sites for hydroxylation is 2. The summed E-state index contributed by atoms with van der Waals surface area (Å²) in [7, 11) is 0. The monoisotopic (exact) mass is 322 g/mol. The van der Waals surface area contributed by atoms with Crippen LogP contribution in [0.3, 0.4) is 0 Å². The van der Waals surface area contributed by atoms with E-state index in [0.717, 1.165) is 22.9 Å². The minimum atomic E-state index is -1.12. The summed E-state index contributed by atoms with van der Waals surface area (Å²) in [5.74, 6) is -1.60. The Bertz CT molecular complexity index is 632. The van der Waals surface area contributed by atoms with Crippen LogP contribution >= 0.6 is 11.8 Å². The molecular weight excluding hydrogens is 304 g/mol. The molecule has 1 fully saturated rings. The Hall–Kier alpha value is -1.86. The molecule has 3 N–H and O–H groups in total. The van der Waals surface area contributed by atoms with Gasteiger partial charge in [-0.2, -0.15) is 0 Å². The number of rotatable bonds is 5. The van der Waals surface area contributed by atoms with Crippen LogP contribution < -0.4 is 10.6 Å². The first-order chi connectivity index (χ1) is 10.3. The first kappa shape index (κ1) is 16.5. The SMILES string of the molecule is Cc1ccc(N2C(=O)C[C@@H](SC[C@@H](N)C(=O)O)C2=O)cc1C. The lowest BCUT2D eigenvalue weighted by atomic mass is 10.1. The van der Waals surface area contributed by atoms with Gasteiger partial charge < -0.3 is 10.8 Å². The number of anilines is 1. The van der Waals surface area contributed by atoms with Crippen LogP contribution in [0, 0.1) is 13.8 Å². The molecule has 0 saturated carbocycles. The molecule has 1 aromatic carbocycles. The molecule has 1 saturated heterocycles. The highest BCUT2D eigenvalue weighted by Crippen LogP contribution is 2.30. The number of nitrogens with two attached hydrogens (primary N) is 1. The molecule has 7 heteroatoms. The number of carboxylic acid groups (broad SMARTS) is 1. The van der Waals surface area contributed by atoms with Crippen LogP contribution in [0.2, 0.25) is 0 Å². The maximum Gasteiger partial charge on any atom is 0.321 e. The van der Waals surface area contributed by atoms with Crippen molar-refractivity contribution in [1.29, 1.82) is 0 Å². The number of benzene rings is 1. The molecule has 1 aliphatic heterocycles. The van der Waals surface area contributed by atoms with E-state index in [1.54, 1.807) is 12.1 Å². The molecule has 6 nitrogen and oxygen atoms in total. The van der Waals surface area contributed by atoms with Crippen molar-refractivity contribution in [2.75, 3.05) is 10.7 Å². The van der Waals surface area contributed by atoms with Crippen LogP contribution in [-0.2, 0) is 14.4 Å². The van der Waals surface area contributed by atoms with E-state index in [-0.39, 0.29) is 24.0 Å². The molecule has 2 amide bonds. The maximum absolute atomic E-state index is 12.4. The van der Waals surface area contributed by atoms with Crippen molar-refractivity contribution in [1.82, 2.24) is 0 Å². The van der Waals surface area contributed by atoms with Crippen LogP contribution in [0.15, 0.2) is 18.2 Å². The van der Waals surface area contributed by atoms with Gasteiger partial charge in [0.1, 0.15) is 6.04 Å². The molecule has 0 spiro atoms. The van der Waals surface area contributed by atoms with Gasteiger partial charge in [-0.25, -0.2) is 4.90 Å². The van der Waals surface area contributed by atoms with Gasteiger partial charge in [0.15, 0.2) is 0 Å². The first-order valence-corrected chi connectivity index (χ1v) is 7.90. The third kappa shape index (κ3) is 3.31. The molecule has 118 valence electrons. The molecule has 0 unspecified atom stereocenters. The van der Waals surface area contributed by atoms with E-state index in [4.69, 9.17) is 10.8 Å². The first-order valence-electron chi connectivity index (χ1n) is 6.85. The van der Waals surface area contributed by atoms with Gasteiger partial charge in [0.25, 0.3) is 0 Å². The lowest BCUT2D eigenvalue weighted by molar-refractivity contribution is -0.138. The standard InChI is InChI=1S/C15H18N2O4S/c1-8-3-4-10(5-9(8)2)17-13(18)6-12(14(17)19)22-7-11(16)15(20)21/h3-5,11-12H,6-7,16H2,1-2H3,(H,20,21)/t11-,12-/m1/s1. The van der Waals surface area contributed by atoms with Crippen molar-refractivity contribution in [3.63, 3.8) is 0 Å². The summed E-state index contributed by atoms with van der Waals surface area (Å²) in [5, 5.41) is 8.19. The smallest absolute Gasteiger partial charge is 0.321 e. The summed E-state index contributed by atoms with van der Waals surface area (Å²) >= 11 is 1.12. The average Bonchev–Trinajstić information content (AvgIpc) is 2.74. The van der Waals surface area contributed by atoms with Crippen molar-refractivity contribution in [3.05, 3.63) is 29.3 Å². The molecule has 0 radical (unpaired) electrons. The maximum atomic E-state index is 12.4. The minimum Gasteiger partial charge on any atom is -0.480 e. The number of carbonyl (C=O) groups is 3. The number of amides is 2. The van der Waals surface area contributed by atoms with E-state index in [0.29, 0.717) is 5.69 Å². The summed E-state index contributed by atoms with van der Waals surface area (Å²) in [5.41, 5.74) is 8.07. The van der Waals surface area contributed by atoms with Gasteiger partial charge >= 0.3 is 5.97 Å². The predicted molar refractivity (Wildman–Crippen MR) is 84.9 cm³/mol. The zero-order valence-corrected chi connectivity index (χ0v) is 13.2. The molecule has 1 aromatic rings. The Morgan fingerprint density at radius 1 is 1.41 bits per heavy atom. The quantitative estimate of drug-likeness (QED) is 0.787. The fraction of sp³-hybridized carbons (Fsp3) is 0.400. The molecular formula is C15H18N2O4S. The number of hydrogen-bond acceptors (Lipinski definition) is 5. The number of hydrogen-bond donors (Lipinski definition) is 2. The molecule has 0 aromatic heterocycles. The van der Waals surface area contributed by atoms with E-state index in [2.05, 4.69) is 0 Å². The molecule has 1 heterocycles. The zero-order chi connectivity index (χ0) is 16.4. The van der Waals surface area contributed by atoms with E-state index < -0.39 is 17.3 Å². The summed E-state index contributed by atoms with van der Waals surface area (Å²) in [4.78, 5) is 36.4. The summed E-state index contributed by atoms with van der Waals surface area (Å²) < 4.78 is 0. The second-order valence-corrected chi connectivity index (χ2v) is 6.54. The number of aliphatic carboxylic acids is 1. The third-order valence-electron chi connectivity index (χ3n) is 3.65. The molecule has 0 aliphatic carbocycles. The van der Waals surface area contributed by atoms with Crippen LogP contribution in [0.4, 0.5) is 5.69 Å². The lowest BCUT2D eigenvalue weighted by Crippen LogP contribution is -2.35. The highest BCUT2D eigenvalue weighted by atomic mass is 32.2. The van der Waals surface area contributed by atoms with Crippen LogP contribution in [0.1, 0.15) is 17.5 Å². The van der Waals surface area contributed by atoms with Gasteiger partial charge in [0, 0.05) is 12.2 Å². The van der Waals surface area contributed by atoms with Crippen molar-refractivity contribution in [2.45, 2.75) is 31.6 Å². The number of carboxylic acids is 1. The highest BCUT2D eigenvalue weighted by molar-refractivity contribution is 8.00. The number of imide groups is 1. The summed E-state index contributed by atoms with van der Waals surface area (Å²) in [6.07, 6.45) is 0.0722. The molecule has 22 heavy (non-hydrogen) atoms. The molecule has 2 rings (SSSR count). The largest absolute Gasteiger partial charge is 0.480 e. The number of carbonyl (C=O) groups excluding carboxylic acids is 2. The Labute approximate surface area is 132 Å². The van der Waals surface area contributed by atoms with Gasteiger partial charge in [-0.05, 0) is 37.1 Å². The second-order valence-electron chi connectivity index (χ2n) is 5.31. The number of nitrogens with zero attached hydrogens (tertiary/aromatic N) is 1. The zero-order valence-electron chi connectivity index (χ0n) is 12.4. The predicted octanol–water partition coefficient (Wildman–Crippen LogP) is 1.08.